The van der Waals surface area contributed by atoms with Crippen molar-refractivity contribution in [1.82, 2.24) is 20.6 Å². The van der Waals surface area contributed by atoms with Crippen molar-refractivity contribution in [3.05, 3.63) is 30.1 Å². The number of hydrogen-bond acceptors (Lipinski definition) is 4. The van der Waals surface area contributed by atoms with Gasteiger partial charge in [-0.2, -0.15) is 0 Å². The molecule has 2 atom stereocenters. The second-order valence-corrected chi connectivity index (χ2v) is 7.42. The molecule has 1 aliphatic rings. The Labute approximate surface area is 141 Å². The maximum absolute atomic E-state index is 11.9. The fourth-order valence-electron chi connectivity index (χ4n) is 2.87. The van der Waals surface area contributed by atoms with Gasteiger partial charge in [0, 0.05) is 6.54 Å². The molecule has 1 fully saturated rings. The van der Waals surface area contributed by atoms with Crippen LogP contribution in [0, 0.1) is 5.92 Å². The van der Waals surface area contributed by atoms with Crippen LogP contribution >= 0.6 is 11.8 Å². The minimum atomic E-state index is 0.115. The fourth-order valence-corrected chi connectivity index (χ4v) is 3.65. The van der Waals surface area contributed by atoms with E-state index in [-0.39, 0.29) is 11.2 Å². The minimum Gasteiger partial charge on any atom is -0.355 e. The molecule has 0 radical (unpaired) electrons. The number of aromatic amines is 1. The van der Waals surface area contributed by atoms with Crippen molar-refractivity contribution in [2.24, 2.45) is 5.92 Å². The summed E-state index contributed by atoms with van der Waals surface area (Å²) in [7, 11) is 0. The van der Waals surface area contributed by atoms with E-state index in [9.17, 15) is 4.79 Å². The standard InChI is InChI=1S/C17H24N4OS/c1-12(17-20-14-4-2-3-5-15(14)21-17)23-11-16(22)19-9-7-13-6-8-18-10-13/h2-5,12-13,18H,6-11H2,1H3,(H,19,22)(H,20,21). The van der Waals surface area contributed by atoms with Crippen LogP contribution in [0.4, 0.5) is 0 Å². The molecule has 0 saturated carbocycles. The van der Waals surface area contributed by atoms with Crippen molar-refractivity contribution < 1.29 is 4.79 Å². The van der Waals surface area contributed by atoms with Crippen LogP contribution in [0.5, 0.6) is 0 Å². The molecule has 1 amide bonds. The average Bonchev–Trinajstić information content (AvgIpc) is 3.21. The predicted molar refractivity (Wildman–Crippen MR) is 95.6 cm³/mol. The molecule has 23 heavy (non-hydrogen) atoms. The number of fused-ring (bicyclic) bond motifs is 1. The van der Waals surface area contributed by atoms with E-state index in [1.807, 2.05) is 24.3 Å². The number of thioether (sulfide) groups is 1. The van der Waals surface area contributed by atoms with Gasteiger partial charge >= 0.3 is 0 Å². The molecule has 5 nitrogen and oxygen atoms in total. The molecule has 2 heterocycles. The minimum absolute atomic E-state index is 0.115. The lowest BCUT2D eigenvalue weighted by Crippen LogP contribution is -2.28. The van der Waals surface area contributed by atoms with Crippen LogP contribution in [0.15, 0.2) is 24.3 Å². The zero-order valence-corrected chi connectivity index (χ0v) is 14.3. The number of amides is 1. The Kier molecular flexibility index (Phi) is 5.56. The molecule has 3 rings (SSSR count). The topological polar surface area (TPSA) is 69.8 Å². The first kappa shape index (κ1) is 16.3. The van der Waals surface area contributed by atoms with E-state index in [2.05, 4.69) is 27.5 Å². The van der Waals surface area contributed by atoms with Gasteiger partial charge in [-0.15, -0.1) is 11.8 Å². The molecule has 1 aliphatic heterocycles. The van der Waals surface area contributed by atoms with Crippen molar-refractivity contribution in [2.75, 3.05) is 25.4 Å². The molecule has 0 spiro atoms. The lowest BCUT2D eigenvalue weighted by atomic mass is 10.1. The summed E-state index contributed by atoms with van der Waals surface area (Å²) in [6, 6.07) is 8.00. The zero-order chi connectivity index (χ0) is 16.1. The van der Waals surface area contributed by atoms with Crippen molar-refractivity contribution in [3.8, 4) is 0 Å². The van der Waals surface area contributed by atoms with Gasteiger partial charge in [0.15, 0.2) is 0 Å². The molecular weight excluding hydrogens is 308 g/mol. The van der Waals surface area contributed by atoms with E-state index < -0.39 is 0 Å². The van der Waals surface area contributed by atoms with Crippen molar-refractivity contribution in [3.63, 3.8) is 0 Å². The van der Waals surface area contributed by atoms with Gasteiger partial charge in [0.25, 0.3) is 0 Å². The molecule has 1 aromatic carbocycles. The molecule has 2 unspecified atom stereocenters. The highest BCUT2D eigenvalue weighted by molar-refractivity contribution is 8.00. The normalized spacial score (nSPS) is 19.1. The maximum Gasteiger partial charge on any atom is 0.230 e. The van der Waals surface area contributed by atoms with Crippen molar-refractivity contribution in [1.29, 1.82) is 0 Å². The fraction of sp³-hybridized carbons (Fsp3) is 0.529. The summed E-state index contributed by atoms with van der Waals surface area (Å²) in [5.41, 5.74) is 2.02. The van der Waals surface area contributed by atoms with E-state index in [4.69, 9.17) is 0 Å². The molecule has 1 aromatic heterocycles. The molecule has 0 aliphatic carbocycles. The molecule has 3 N–H and O–H groups in total. The Morgan fingerprint density at radius 2 is 2.35 bits per heavy atom. The van der Waals surface area contributed by atoms with Crippen LogP contribution in [-0.2, 0) is 4.79 Å². The van der Waals surface area contributed by atoms with E-state index in [1.165, 1.54) is 6.42 Å². The maximum atomic E-state index is 11.9. The zero-order valence-electron chi connectivity index (χ0n) is 13.5. The largest absolute Gasteiger partial charge is 0.355 e. The third-order valence-corrected chi connectivity index (χ3v) is 5.45. The van der Waals surface area contributed by atoms with Gasteiger partial charge in [0.1, 0.15) is 5.82 Å². The lowest BCUT2D eigenvalue weighted by molar-refractivity contribution is -0.118. The highest BCUT2D eigenvalue weighted by Gasteiger charge is 2.15. The van der Waals surface area contributed by atoms with Gasteiger partial charge in [-0.1, -0.05) is 12.1 Å². The Morgan fingerprint density at radius 1 is 1.48 bits per heavy atom. The smallest absolute Gasteiger partial charge is 0.230 e. The summed E-state index contributed by atoms with van der Waals surface area (Å²) in [6.07, 6.45) is 2.30. The average molecular weight is 332 g/mol. The second kappa shape index (κ2) is 7.84. The quantitative estimate of drug-likeness (QED) is 0.728. The van der Waals surface area contributed by atoms with Gasteiger partial charge in [-0.25, -0.2) is 4.98 Å². The van der Waals surface area contributed by atoms with Crippen LogP contribution in [0.1, 0.15) is 30.8 Å². The summed E-state index contributed by atoms with van der Waals surface area (Å²) in [4.78, 5) is 19.9. The lowest BCUT2D eigenvalue weighted by Gasteiger charge is -2.11. The van der Waals surface area contributed by atoms with Crippen LogP contribution < -0.4 is 10.6 Å². The Morgan fingerprint density at radius 3 is 3.13 bits per heavy atom. The number of rotatable bonds is 7. The van der Waals surface area contributed by atoms with Crippen molar-refractivity contribution >= 4 is 28.7 Å². The van der Waals surface area contributed by atoms with Gasteiger partial charge < -0.3 is 15.6 Å². The van der Waals surface area contributed by atoms with E-state index in [0.717, 1.165) is 48.8 Å². The van der Waals surface area contributed by atoms with Gasteiger partial charge in [0.2, 0.25) is 5.91 Å². The molecule has 2 aromatic rings. The predicted octanol–water partition coefficient (Wildman–Crippen LogP) is 2.47. The summed E-state index contributed by atoms with van der Waals surface area (Å²) in [5.74, 6) is 2.24. The van der Waals surface area contributed by atoms with Gasteiger partial charge in [-0.3, -0.25) is 4.79 Å². The number of aromatic nitrogens is 2. The van der Waals surface area contributed by atoms with Crippen molar-refractivity contribution in [2.45, 2.75) is 25.0 Å². The summed E-state index contributed by atoms with van der Waals surface area (Å²) < 4.78 is 0. The summed E-state index contributed by atoms with van der Waals surface area (Å²) >= 11 is 1.62. The number of para-hydroxylation sites is 2. The van der Waals surface area contributed by atoms with Gasteiger partial charge in [-0.05, 0) is 50.9 Å². The number of nitrogens with zero attached hydrogens (tertiary/aromatic N) is 1. The molecule has 0 bridgehead atoms. The molecule has 124 valence electrons. The van der Waals surface area contributed by atoms with Crippen LogP contribution in [0.2, 0.25) is 0 Å². The third-order valence-electron chi connectivity index (χ3n) is 4.29. The SMILES string of the molecule is CC(SCC(=O)NCCC1CCNC1)c1nc2ccccc2[nH]1. The number of nitrogens with one attached hydrogen (secondary N) is 3. The number of benzene rings is 1. The third kappa shape index (κ3) is 4.48. The number of carbonyl (C=O) groups excluding carboxylic acids is 1. The van der Waals surface area contributed by atoms with E-state index in [1.54, 1.807) is 11.8 Å². The monoisotopic (exact) mass is 332 g/mol. The van der Waals surface area contributed by atoms with Gasteiger partial charge in [0.05, 0.1) is 22.0 Å². The van der Waals surface area contributed by atoms with Crippen LogP contribution in [0.25, 0.3) is 11.0 Å². The highest BCUT2D eigenvalue weighted by Crippen LogP contribution is 2.27. The van der Waals surface area contributed by atoms with Crippen LogP contribution in [-0.4, -0.2) is 41.3 Å². The Bertz CT molecular complexity index is 618. The summed E-state index contributed by atoms with van der Waals surface area (Å²) in [5, 5.41) is 6.55. The first-order valence-electron chi connectivity index (χ1n) is 8.26. The summed E-state index contributed by atoms with van der Waals surface area (Å²) in [6.45, 7) is 5.07. The molecular formula is C17H24N4OS. The number of hydrogen-bond donors (Lipinski definition) is 3. The first-order valence-corrected chi connectivity index (χ1v) is 9.31. The first-order chi connectivity index (χ1) is 11.2. The van der Waals surface area contributed by atoms with E-state index in [0.29, 0.717) is 5.75 Å². The Hall–Kier alpha value is -1.53. The van der Waals surface area contributed by atoms with E-state index >= 15 is 0 Å². The Balaban J connectivity index is 1.40. The number of carbonyl (C=O) groups is 1. The second-order valence-electron chi connectivity index (χ2n) is 6.09. The van der Waals surface area contributed by atoms with Crippen LogP contribution in [0.3, 0.4) is 0 Å². The number of H-pyrrole nitrogens is 1. The molecule has 1 saturated heterocycles. The molecule has 6 heteroatoms. The number of imidazole rings is 1. The highest BCUT2D eigenvalue weighted by atomic mass is 32.2.